The van der Waals surface area contributed by atoms with Crippen LogP contribution in [0.25, 0.3) is 0 Å². The van der Waals surface area contributed by atoms with E-state index in [0.717, 1.165) is 12.8 Å². The number of carbonyl (C=O) groups is 2. The Kier molecular flexibility index (Phi) is 12.9. The van der Waals surface area contributed by atoms with Crippen molar-refractivity contribution in [2.75, 3.05) is 38.1 Å². The van der Waals surface area contributed by atoms with Gasteiger partial charge in [-0.05, 0) is 55.7 Å². The summed E-state index contributed by atoms with van der Waals surface area (Å²) in [5.41, 5.74) is 3.67. The molecule has 0 saturated carbocycles. The molecule has 1 saturated heterocycles. The molecule has 0 radical (unpaired) electrons. The van der Waals surface area contributed by atoms with E-state index in [9.17, 15) is 19.1 Å². The summed E-state index contributed by atoms with van der Waals surface area (Å²) in [5, 5.41) is 13.1. The monoisotopic (exact) mass is 569 g/mol. The molecule has 2 heterocycles. The normalized spacial score (nSPS) is 16.2. The number of ether oxygens (including phenoxy) is 1. The standard InChI is InChI=1S/C20H28FN3O4.C13H20/c1-3-15(26)12-24-8-9-28-19-11-17(21)18(10-16(19)20(24)27)22-14-4-6-23(7-5-14)13(2)25;1-3-5-9-13-11-7-6-10-12(13)8-4-2/h10-11,14-15,22,26H,3-9,12H2,1-2H3;6-7,10-11H,3-5,8-9H2,1-2H3. The van der Waals surface area contributed by atoms with Crippen LogP contribution in [0, 0.1) is 5.82 Å². The van der Waals surface area contributed by atoms with Crippen molar-refractivity contribution in [3.8, 4) is 5.75 Å². The zero-order valence-corrected chi connectivity index (χ0v) is 25.3. The number of fused-ring (bicyclic) bond motifs is 1. The molecule has 2 aromatic rings. The molecule has 8 heteroatoms. The van der Waals surface area contributed by atoms with E-state index < -0.39 is 11.9 Å². The number of likely N-dealkylation sites (tertiary alicyclic amines) is 1. The maximum Gasteiger partial charge on any atom is 0.257 e. The molecule has 41 heavy (non-hydrogen) atoms. The average Bonchev–Trinajstić information content (AvgIpc) is 3.11. The molecule has 2 N–H and O–H groups in total. The van der Waals surface area contributed by atoms with Gasteiger partial charge in [-0.15, -0.1) is 0 Å². The summed E-state index contributed by atoms with van der Waals surface area (Å²) >= 11 is 0. The Hall–Kier alpha value is -3.13. The minimum Gasteiger partial charge on any atom is -0.491 e. The predicted molar refractivity (Wildman–Crippen MR) is 162 cm³/mol. The summed E-state index contributed by atoms with van der Waals surface area (Å²) in [5.74, 6) is -0.461. The fourth-order valence-corrected chi connectivity index (χ4v) is 5.29. The number of nitrogens with one attached hydrogen (secondary N) is 1. The van der Waals surface area contributed by atoms with Gasteiger partial charge in [0.05, 0.1) is 23.9 Å². The van der Waals surface area contributed by atoms with Gasteiger partial charge in [-0.1, -0.05) is 57.9 Å². The van der Waals surface area contributed by atoms with Gasteiger partial charge < -0.3 is 25.0 Å². The van der Waals surface area contributed by atoms with Crippen LogP contribution in [0.4, 0.5) is 10.1 Å². The first-order valence-corrected chi connectivity index (χ1v) is 15.3. The number of piperidine rings is 1. The SMILES string of the molecule is CCC(O)CN1CCOc2cc(F)c(NC3CCN(C(C)=O)CC3)cc2C1=O.CCCCc1ccccc1CCC. The van der Waals surface area contributed by atoms with Gasteiger partial charge in [0.2, 0.25) is 5.91 Å². The highest BCUT2D eigenvalue weighted by molar-refractivity contribution is 5.98. The number of nitrogens with zero attached hydrogens (tertiary/aromatic N) is 2. The van der Waals surface area contributed by atoms with Crippen molar-refractivity contribution in [3.05, 3.63) is 58.9 Å². The summed E-state index contributed by atoms with van der Waals surface area (Å²) in [6, 6.07) is 11.6. The molecular weight excluding hydrogens is 521 g/mol. The fourth-order valence-electron chi connectivity index (χ4n) is 5.29. The van der Waals surface area contributed by atoms with E-state index in [2.05, 4.69) is 43.4 Å². The lowest BCUT2D eigenvalue weighted by molar-refractivity contribution is -0.129. The van der Waals surface area contributed by atoms with Crippen molar-refractivity contribution in [1.29, 1.82) is 0 Å². The highest BCUT2D eigenvalue weighted by atomic mass is 19.1. The number of aliphatic hydroxyl groups excluding tert-OH is 1. The Morgan fingerprint density at radius 1 is 1.07 bits per heavy atom. The summed E-state index contributed by atoms with van der Waals surface area (Å²) in [7, 11) is 0. The molecule has 0 aliphatic carbocycles. The van der Waals surface area contributed by atoms with Crippen LogP contribution < -0.4 is 10.1 Å². The number of anilines is 1. The molecule has 4 rings (SSSR count). The minimum absolute atomic E-state index is 0.0305. The number of aryl methyl sites for hydroxylation is 2. The highest BCUT2D eigenvalue weighted by Crippen LogP contribution is 2.30. The molecule has 226 valence electrons. The Balaban J connectivity index is 0.000000298. The van der Waals surface area contributed by atoms with E-state index in [-0.39, 0.29) is 42.4 Å². The third-order valence-corrected chi connectivity index (χ3v) is 7.85. The summed E-state index contributed by atoms with van der Waals surface area (Å²) in [6.45, 7) is 9.98. The Bertz CT molecular complexity index is 1130. The summed E-state index contributed by atoms with van der Waals surface area (Å²) in [4.78, 5) is 27.7. The van der Waals surface area contributed by atoms with Crippen LogP contribution in [0.15, 0.2) is 36.4 Å². The number of hydrogen-bond donors (Lipinski definition) is 2. The molecule has 1 atom stereocenters. The van der Waals surface area contributed by atoms with Crippen LogP contribution in [-0.4, -0.2) is 71.7 Å². The van der Waals surface area contributed by atoms with Gasteiger partial charge in [0.25, 0.3) is 5.91 Å². The largest absolute Gasteiger partial charge is 0.491 e. The Morgan fingerprint density at radius 2 is 1.76 bits per heavy atom. The molecule has 0 spiro atoms. The highest BCUT2D eigenvalue weighted by Gasteiger charge is 2.28. The number of carbonyl (C=O) groups excluding carboxylic acids is 2. The van der Waals surface area contributed by atoms with Crippen LogP contribution >= 0.6 is 0 Å². The lowest BCUT2D eigenvalue weighted by Crippen LogP contribution is -2.41. The summed E-state index contributed by atoms with van der Waals surface area (Å²) in [6.07, 6.45) is 7.74. The zero-order chi connectivity index (χ0) is 29.8. The smallest absolute Gasteiger partial charge is 0.257 e. The quantitative estimate of drug-likeness (QED) is 0.376. The van der Waals surface area contributed by atoms with Gasteiger partial charge in [-0.2, -0.15) is 0 Å². The fraction of sp³-hybridized carbons (Fsp3) is 0.576. The molecule has 0 aromatic heterocycles. The molecule has 2 amide bonds. The van der Waals surface area contributed by atoms with Crippen molar-refractivity contribution in [2.24, 2.45) is 0 Å². The molecule has 0 bridgehead atoms. The number of aliphatic hydroxyl groups is 1. The minimum atomic E-state index is -0.602. The topological polar surface area (TPSA) is 82.1 Å². The van der Waals surface area contributed by atoms with E-state index in [4.69, 9.17) is 4.74 Å². The van der Waals surface area contributed by atoms with E-state index in [1.807, 2.05) is 6.92 Å². The molecule has 2 aromatic carbocycles. The maximum absolute atomic E-state index is 14.6. The van der Waals surface area contributed by atoms with E-state index in [1.165, 1.54) is 44.2 Å². The molecule has 1 fully saturated rings. The summed E-state index contributed by atoms with van der Waals surface area (Å²) < 4.78 is 20.2. The third kappa shape index (κ3) is 9.45. The van der Waals surface area contributed by atoms with Crippen LogP contribution in [0.5, 0.6) is 5.75 Å². The van der Waals surface area contributed by atoms with Gasteiger partial charge in [0.1, 0.15) is 18.2 Å². The van der Waals surface area contributed by atoms with E-state index in [0.29, 0.717) is 31.6 Å². The van der Waals surface area contributed by atoms with Crippen molar-refractivity contribution in [3.63, 3.8) is 0 Å². The van der Waals surface area contributed by atoms with Crippen molar-refractivity contribution < 1.29 is 23.8 Å². The first-order valence-electron chi connectivity index (χ1n) is 15.3. The van der Waals surface area contributed by atoms with Crippen LogP contribution in [0.3, 0.4) is 0 Å². The first kappa shape index (κ1) is 32.4. The second-order valence-electron chi connectivity index (χ2n) is 11.0. The molecule has 2 aliphatic rings. The second kappa shape index (κ2) is 16.3. The van der Waals surface area contributed by atoms with Crippen molar-refractivity contribution in [1.82, 2.24) is 9.80 Å². The predicted octanol–water partition coefficient (Wildman–Crippen LogP) is 5.84. The van der Waals surface area contributed by atoms with Crippen molar-refractivity contribution in [2.45, 2.75) is 91.2 Å². The second-order valence-corrected chi connectivity index (χ2v) is 11.0. The zero-order valence-electron chi connectivity index (χ0n) is 25.3. The van der Waals surface area contributed by atoms with Gasteiger partial charge in [0, 0.05) is 38.7 Å². The number of halogens is 1. The van der Waals surface area contributed by atoms with E-state index in [1.54, 1.807) is 27.9 Å². The van der Waals surface area contributed by atoms with Crippen LogP contribution in [0.1, 0.15) is 87.7 Å². The maximum atomic E-state index is 14.6. The van der Waals surface area contributed by atoms with Gasteiger partial charge in [-0.25, -0.2) is 4.39 Å². The number of rotatable bonds is 10. The Morgan fingerprint density at radius 3 is 2.37 bits per heavy atom. The number of unbranched alkanes of at least 4 members (excludes halogenated alkanes) is 1. The van der Waals surface area contributed by atoms with Gasteiger partial charge >= 0.3 is 0 Å². The molecule has 1 unspecified atom stereocenters. The van der Waals surface area contributed by atoms with Crippen LogP contribution in [-0.2, 0) is 17.6 Å². The van der Waals surface area contributed by atoms with Gasteiger partial charge in [-0.3, -0.25) is 9.59 Å². The lowest BCUT2D eigenvalue weighted by atomic mass is 9.99. The number of β-amino-alcohol motifs (C(OH)–C–C–N with tert-alkyl or cyclic N) is 1. The Labute approximate surface area is 245 Å². The van der Waals surface area contributed by atoms with Crippen LogP contribution in [0.2, 0.25) is 0 Å². The number of amides is 2. The van der Waals surface area contributed by atoms with E-state index >= 15 is 0 Å². The average molecular weight is 570 g/mol. The molecule has 2 aliphatic heterocycles. The van der Waals surface area contributed by atoms with Crippen molar-refractivity contribution >= 4 is 17.5 Å². The first-order chi connectivity index (χ1) is 19.8. The number of benzene rings is 2. The molecule has 7 nitrogen and oxygen atoms in total. The lowest BCUT2D eigenvalue weighted by Gasteiger charge is -2.32. The van der Waals surface area contributed by atoms with Gasteiger partial charge in [0.15, 0.2) is 0 Å². The number of hydrogen-bond acceptors (Lipinski definition) is 5. The third-order valence-electron chi connectivity index (χ3n) is 7.85. The molecular formula is C33H48FN3O4.